The molecule has 1 atom stereocenters. The number of benzene rings is 5. The summed E-state index contributed by atoms with van der Waals surface area (Å²) in [5, 5.41) is 2.86. The molecule has 1 aliphatic rings. The number of sulfonamides is 1. The van der Waals surface area contributed by atoms with E-state index in [1.54, 1.807) is 30.3 Å². The Balaban J connectivity index is 1.44. The van der Waals surface area contributed by atoms with Crippen LogP contribution in [0, 0.1) is 0 Å². The molecule has 2 amide bonds. The van der Waals surface area contributed by atoms with Gasteiger partial charge in [0.15, 0.2) is 0 Å². The highest BCUT2D eigenvalue weighted by Gasteiger charge is 2.35. The predicted octanol–water partition coefficient (Wildman–Crippen LogP) is 7.69. The number of amides is 2. The maximum Gasteiger partial charge on any atom is 0.266 e. The van der Waals surface area contributed by atoms with Crippen molar-refractivity contribution in [1.82, 2.24) is 4.90 Å². The summed E-state index contributed by atoms with van der Waals surface area (Å²) < 4.78 is 36.2. The smallest absolute Gasteiger partial charge is 0.266 e. The van der Waals surface area contributed by atoms with Gasteiger partial charge in [0, 0.05) is 21.3 Å². The van der Waals surface area contributed by atoms with Crippen molar-refractivity contribution in [3.05, 3.63) is 153 Å². The molecule has 0 spiro atoms. The van der Waals surface area contributed by atoms with Gasteiger partial charge in [-0.15, -0.1) is 0 Å². The lowest BCUT2D eigenvalue weighted by Gasteiger charge is -2.31. The second kappa shape index (κ2) is 13.6. The summed E-state index contributed by atoms with van der Waals surface area (Å²) in [6.07, 6.45) is 0. The maximum atomic E-state index is 14.5. The minimum absolute atomic E-state index is 0.0119. The molecule has 1 N–H and O–H groups in total. The van der Waals surface area contributed by atoms with E-state index < -0.39 is 22.0 Å². The van der Waals surface area contributed by atoms with Crippen molar-refractivity contribution in [2.75, 3.05) is 23.3 Å². The minimum Gasteiger partial charge on any atom is -0.497 e. The average molecular weight is 731 g/mol. The molecule has 1 unspecified atom stereocenters. The summed E-state index contributed by atoms with van der Waals surface area (Å²) in [7, 11) is -2.79. The third kappa shape index (κ3) is 6.76. The van der Waals surface area contributed by atoms with E-state index in [4.69, 9.17) is 16.3 Å². The van der Waals surface area contributed by atoms with Crippen LogP contribution in [0.4, 0.5) is 11.4 Å². The van der Waals surface area contributed by atoms with Gasteiger partial charge >= 0.3 is 0 Å². The number of ether oxygens (including phenoxy) is 1. The number of hydrogen-bond donors (Lipinski definition) is 1. The van der Waals surface area contributed by atoms with Gasteiger partial charge in [0.05, 0.1) is 30.4 Å². The summed E-state index contributed by atoms with van der Waals surface area (Å²) in [6.45, 7) is -0.251. The molecule has 47 heavy (non-hydrogen) atoms. The molecule has 0 saturated carbocycles. The fourth-order valence-electron chi connectivity index (χ4n) is 5.59. The number of anilines is 2. The first-order valence-corrected chi connectivity index (χ1v) is 17.2. The predicted molar refractivity (Wildman–Crippen MR) is 186 cm³/mol. The van der Waals surface area contributed by atoms with Crippen molar-refractivity contribution in [3.63, 3.8) is 0 Å². The fraction of sp³-hybridized carbons (Fsp3) is 0.111. The number of nitrogens with zero attached hydrogens (tertiary/aromatic N) is 2. The lowest BCUT2D eigenvalue weighted by Crippen LogP contribution is -2.39. The Morgan fingerprint density at radius 3 is 2.30 bits per heavy atom. The largest absolute Gasteiger partial charge is 0.497 e. The van der Waals surface area contributed by atoms with Gasteiger partial charge in [-0.1, -0.05) is 88.2 Å². The molecule has 5 aromatic rings. The van der Waals surface area contributed by atoms with E-state index in [0.29, 0.717) is 22.7 Å². The van der Waals surface area contributed by atoms with Crippen LogP contribution >= 0.6 is 27.5 Å². The molecule has 5 aromatic carbocycles. The van der Waals surface area contributed by atoms with Gasteiger partial charge in [-0.2, -0.15) is 0 Å². The zero-order valence-corrected chi connectivity index (χ0v) is 28.3. The van der Waals surface area contributed by atoms with Crippen molar-refractivity contribution in [3.8, 4) is 5.75 Å². The second-order valence-corrected chi connectivity index (χ2v) is 14.0. The van der Waals surface area contributed by atoms with Gasteiger partial charge in [-0.25, -0.2) is 8.42 Å². The van der Waals surface area contributed by atoms with Crippen LogP contribution in [0.5, 0.6) is 5.75 Å². The molecule has 0 aliphatic carbocycles. The van der Waals surface area contributed by atoms with Crippen molar-refractivity contribution in [1.29, 1.82) is 0 Å². The van der Waals surface area contributed by atoms with E-state index in [2.05, 4.69) is 21.2 Å². The molecular weight excluding hydrogens is 702 g/mol. The van der Waals surface area contributed by atoms with Gasteiger partial charge in [0.2, 0.25) is 5.91 Å². The van der Waals surface area contributed by atoms with Crippen molar-refractivity contribution < 1.29 is 22.7 Å². The maximum absolute atomic E-state index is 14.5. The second-order valence-electron chi connectivity index (χ2n) is 10.9. The molecule has 0 aromatic heterocycles. The Kier molecular flexibility index (Phi) is 9.35. The van der Waals surface area contributed by atoms with Gasteiger partial charge in [0.25, 0.3) is 15.9 Å². The van der Waals surface area contributed by atoms with E-state index in [0.717, 1.165) is 15.6 Å². The van der Waals surface area contributed by atoms with Gasteiger partial charge in [-0.05, 0) is 71.8 Å². The zero-order valence-electron chi connectivity index (χ0n) is 25.1. The van der Waals surface area contributed by atoms with Crippen LogP contribution in [0.2, 0.25) is 5.02 Å². The Hall–Kier alpha value is -4.64. The van der Waals surface area contributed by atoms with Gasteiger partial charge in [-0.3, -0.25) is 13.9 Å². The zero-order chi connectivity index (χ0) is 33.1. The van der Waals surface area contributed by atoms with Crippen molar-refractivity contribution in [2.24, 2.45) is 0 Å². The molecule has 0 bridgehead atoms. The third-order valence-electron chi connectivity index (χ3n) is 7.86. The van der Waals surface area contributed by atoms with E-state index in [-0.39, 0.29) is 34.5 Å². The number of rotatable bonds is 8. The van der Waals surface area contributed by atoms with Crippen LogP contribution in [-0.2, 0) is 21.4 Å². The first-order chi connectivity index (χ1) is 22.7. The summed E-state index contributed by atoms with van der Waals surface area (Å²) >= 11 is 10.1. The van der Waals surface area contributed by atoms with E-state index in [9.17, 15) is 18.0 Å². The van der Waals surface area contributed by atoms with Crippen LogP contribution in [0.25, 0.3) is 0 Å². The van der Waals surface area contributed by atoms with Crippen LogP contribution < -0.4 is 14.4 Å². The molecule has 11 heteroatoms. The van der Waals surface area contributed by atoms with Gasteiger partial charge < -0.3 is 15.0 Å². The number of carbonyl (C=O) groups is 2. The molecule has 1 heterocycles. The van der Waals surface area contributed by atoms with E-state index in [1.165, 1.54) is 34.5 Å². The Labute approximate surface area is 286 Å². The van der Waals surface area contributed by atoms with Crippen molar-refractivity contribution >= 4 is 60.7 Å². The number of nitrogens with one attached hydrogen (secondary N) is 1. The molecule has 1 aliphatic heterocycles. The summed E-state index contributed by atoms with van der Waals surface area (Å²) in [5.41, 5.74) is 3.28. The highest BCUT2D eigenvalue weighted by molar-refractivity contribution is 9.10. The van der Waals surface area contributed by atoms with Crippen LogP contribution in [0.1, 0.15) is 33.1 Å². The number of halogens is 2. The lowest BCUT2D eigenvalue weighted by molar-refractivity contribution is -0.117. The monoisotopic (exact) mass is 729 g/mol. The Morgan fingerprint density at radius 1 is 0.936 bits per heavy atom. The Bertz CT molecular complexity index is 2050. The number of hydrogen-bond acceptors (Lipinski definition) is 5. The van der Waals surface area contributed by atoms with E-state index in [1.807, 2.05) is 72.8 Å². The topological polar surface area (TPSA) is 96.0 Å². The average Bonchev–Trinajstić information content (AvgIpc) is 3.23. The van der Waals surface area contributed by atoms with Crippen LogP contribution in [0.15, 0.2) is 131 Å². The lowest BCUT2D eigenvalue weighted by atomic mass is 9.95. The number of methoxy groups -OCH3 is 1. The highest BCUT2D eigenvalue weighted by Crippen LogP contribution is 2.39. The quantitative estimate of drug-likeness (QED) is 0.177. The fourth-order valence-corrected chi connectivity index (χ4v) is 7.93. The highest BCUT2D eigenvalue weighted by atomic mass is 79.9. The van der Waals surface area contributed by atoms with Gasteiger partial charge in [0.1, 0.15) is 17.2 Å². The number of carbonyl (C=O) groups excluding carboxylic acids is 2. The van der Waals surface area contributed by atoms with Crippen molar-refractivity contribution in [2.45, 2.75) is 17.5 Å². The molecule has 238 valence electrons. The molecule has 0 radical (unpaired) electrons. The standard InChI is InChI=1S/C36H29BrClN3O5S/c1-46-29-16-14-28(15-17-29)41(22-24-8-4-2-5-9-24)47(44,45)33-20-26(12-18-31(33)38)36(43)40-23-34(42)39-32-19-13-27(37)21-30(32)35(40)25-10-6-3-7-11-25/h2-21,35H,22-23H2,1H3,(H,39,42). The summed E-state index contributed by atoms with van der Waals surface area (Å²) in [6, 6.07) is 34.2. The van der Waals surface area contributed by atoms with Crippen LogP contribution in [-0.4, -0.2) is 38.8 Å². The third-order valence-corrected chi connectivity index (χ3v) is 10.6. The normalized spacial score (nSPS) is 14.5. The summed E-state index contributed by atoms with van der Waals surface area (Å²) in [5.74, 6) is -0.343. The molecule has 0 fully saturated rings. The van der Waals surface area contributed by atoms with Crippen LogP contribution in [0.3, 0.4) is 0 Å². The first kappa shape index (κ1) is 32.3. The molecular formula is C36H29BrClN3O5S. The molecule has 8 nitrogen and oxygen atoms in total. The SMILES string of the molecule is COc1ccc(N(Cc2ccccc2)S(=O)(=O)c2cc(C(=O)N3CC(=O)Nc4ccc(Br)cc4C3c3ccccc3)ccc2Cl)cc1. The first-order valence-electron chi connectivity index (χ1n) is 14.6. The summed E-state index contributed by atoms with van der Waals surface area (Å²) in [4.78, 5) is 28.8. The number of fused-ring (bicyclic) bond motifs is 1. The van der Waals surface area contributed by atoms with E-state index >= 15 is 0 Å². The molecule has 0 saturated heterocycles. The Morgan fingerprint density at radius 2 is 1.62 bits per heavy atom. The minimum atomic E-state index is -4.32. The molecule has 6 rings (SSSR count).